The summed E-state index contributed by atoms with van der Waals surface area (Å²) in [5.41, 5.74) is 0. The molecule has 0 aliphatic carbocycles. The van der Waals surface area contributed by atoms with Gasteiger partial charge in [0.05, 0.1) is 26.4 Å². The van der Waals surface area contributed by atoms with Crippen LogP contribution in [0.2, 0.25) is 0 Å². The Bertz CT molecular complexity index is 1950. The molecule has 0 spiro atoms. The van der Waals surface area contributed by atoms with Crippen LogP contribution in [0.1, 0.15) is 433 Å². The van der Waals surface area contributed by atoms with Crippen LogP contribution in [0.25, 0.3) is 0 Å². The van der Waals surface area contributed by atoms with E-state index in [4.69, 9.17) is 37.0 Å². The van der Waals surface area contributed by atoms with Gasteiger partial charge in [-0.2, -0.15) is 0 Å². The van der Waals surface area contributed by atoms with Crippen LogP contribution in [0.5, 0.6) is 0 Å². The fourth-order valence-corrected chi connectivity index (χ4v) is 14.2. The first-order chi connectivity index (χ1) is 48.9. The zero-order chi connectivity index (χ0) is 74.2. The molecule has 0 radical (unpaired) electrons. The van der Waals surface area contributed by atoms with Gasteiger partial charge in [-0.1, -0.05) is 382 Å². The second-order valence-corrected chi connectivity index (χ2v) is 32.9. The fourth-order valence-electron chi connectivity index (χ4n) is 12.6. The van der Waals surface area contributed by atoms with E-state index < -0.39 is 97.5 Å². The van der Waals surface area contributed by atoms with Crippen molar-refractivity contribution >= 4 is 39.5 Å². The van der Waals surface area contributed by atoms with E-state index in [9.17, 15) is 43.2 Å². The van der Waals surface area contributed by atoms with E-state index >= 15 is 0 Å². The summed E-state index contributed by atoms with van der Waals surface area (Å²) in [6, 6.07) is 0. The number of aliphatic hydroxyl groups is 1. The third kappa shape index (κ3) is 73.4. The largest absolute Gasteiger partial charge is 0.472 e. The minimum Gasteiger partial charge on any atom is -0.462 e. The molecule has 0 fully saturated rings. The number of esters is 4. The second-order valence-electron chi connectivity index (χ2n) is 30.0. The standard InChI is InChI=1S/C82H160O17P2/c1-7-11-13-15-17-18-19-20-21-22-23-24-28-31-34-37-40-47-53-59-65-80(85)93-71-78(98-81(86)66-60-54-48-41-38-35-32-29-26-25-27-30-33-36-39-45-50-56-62-74(5)9-3)73-97-101(90,91)95-69-76(83)68-94-100(88,89)96-72-77(70-92-79(84)64-58-52-44-16-14-12-8-2)99-82(87)67-61-55-49-43-42-46-51-57-63-75(6)10-4/h74-78,83H,7-73H2,1-6H3,(H,88,89)(H,90,91)/t74?,75?,76-,77+,78+/m0/s1. The van der Waals surface area contributed by atoms with Crippen molar-refractivity contribution in [3.05, 3.63) is 0 Å². The van der Waals surface area contributed by atoms with Gasteiger partial charge in [0.2, 0.25) is 0 Å². The Morgan fingerprint density at radius 2 is 0.475 bits per heavy atom. The molecule has 7 atom stereocenters. The molecule has 0 aromatic heterocycles. The van der Waals surface area contributed by atoms with Crippen molar-refractivity contribution in [2.45, 2.75) is 452 Å². The maximum atomic E-state index is 13.1. The smallest absolute Gasteiger partial charge is 0.462 e. The molecule has 19 heteroatoms. The minimum atomic E-state index is -4.96. The minimum absolute atomic E-state index is 0.105. The van der Waals surface area contributed by atoms with Crippen LogP contribution in [0.3, 0.4) is 0 Å². The molecule has 101 heavy (non-hydrogen) atoms. The van der Waals surface area contributed by atoms with Gasteiger partial charge in [0.25, 0.3) is 0 Å². The molecule has 0 bridgehead atoms. The summed E-state index contributed by atoms with van der Waals surface area (Å²) in [6.45, 7) is 9.65. The molecule has 0 rings (SSSR count). The average Bonchev–Trinajstić information content (AvgIpc) is 0.936. The van der Waals surface area contributed by atoms with Crippen LogP contribution < -0.4 is 0 Å². The highest BCUT2D eigenvalue weighted by atomic mass is 31.2. The first-order valence-corrected chi connectivity index (χ1v) is 45.6. The monoisotopic (exact) mass is 1480 g/mol. The van der Waals surface area contributed by atoms with Crippen molar-refractivity contribution in [1.29, 1.82) is 0 Å². The van der Waals surface area contributed by atoms with Gasteiger partial charge in [0.15, 0.2) is 12.2 Å². The second kappa shape index (κ2) is 73.6. The SMILES string of the molecule is CCCCCCCCCCCCCCCCCCCCCCC(=O)OC[C@H](COP(=O)(O)OC[C@@H](O)COP(=O)(O)OC[C@@H](COC(=O)CCCCCCCCC)OC(=O)CCCCCCCCCCC(C)CC)OC(=O)CCCCCCCCCCCCCCCCCCCCC(C)CC. The summed E-state index contributed by atoms with van der Waals surface area (Å²) in [7, 11) is -9.91. The van der Waals surface area contributed by atoms with E-state index in [1.807, 2.05) is 0 Å². The number of ether oxygens (including phenoxy) is 4. The summed E-state index contributed by atoms with van der Waals surface area (Å²) in [5, 5.41) is 10.6. The highest BCUT2D eigenvalue weighted by molar-refractivity contribution is 7.47. The van der Waals surface area contributed by atoms with Crippen LogP contribution in [0.4, 0.5) is 0 Å². The van der Waals surface area contributed by atoms with Crippen molar-refractivity contribution in [1.82, 2.24) is 0 Å². The highest BCUT2D eigenvalue weighted by Gasteiger charge is 2.30. The third-order valence-corrected chi connectivity index (χ3v) is 21.8. The summed E-state index contributed by atoms with van der Waals surface area (Å²) in [6.07, 6.45) is 64.1. The topological polar surface area (TPSA) is 237 Å². The molecule has 0 aliphatic heterocycles. The van der Waals surface area contributed by atoms with Gasteiger partial charge < -0.3 is 33.8 Å². The van der Waals surface area contributed by atoms with Gasteiger partial charge in [-0.25, -0.2) is 9.13 Å². The van der Waals surface area contributed by atoms with Gasteiger partial charge in [-0.3, -0.25) is 37.3 Å². The molecular weight excluding hydrogens is 1320 g/mol. The summed E-state index contributed by atoms with van der Waals surface area (Å²) >= 11 is 0. The Balaban J connectivity index is 5.15. The Hall–Kier alpha value is -1.94. The lowest BCUT2D eigenvalue weighted by Crippen LogP contribution is -2.30. The van der Waals surface area contributed by atoms with Crippen LogP contribution in [-0.4, -0.2) is 96.7 Å². The number of phosphoric acid groups is 2. The lowest BCUT2D eigenvalue weighted by Gasteiger charge is -2.21. The molecule has 0 saturated heterocycles. The van der Waals surface area contributed by atoms with Crippen LogP contribution in [0.15, 0.2) is 0 Å². The first kappa shape index (κ1) is 99.1. The molecule has 3 N–H and O–H groups in total. The molecule has 0 saturated carbocycles. The summed E-state index contributed by atoms with van der Waals surface area (Å²) < 4.78 is 68.6. The van der Waals surface area contributed by atoms with E-state index in [0.717, 1.165) is 115 Å². The number of carbonyl (C=O) groups excluding carboxylic acids is 4. The zero-order valence-electron chi connectivity index (χ0n) is 66.2. The number of carbonyl (C=O) groups is 4. The third-order valence-electron chi connectivity index (χ3n) is 19.9. The maximum Gasteiger partial charge on any atom is 0.472 e. The van der Waals surface area contributed by atoms with Crippen molar-refractivity contribution in [3.63, 3.8) is 0 Å². The van der Waals surface area contributed by atoms with Gasteiger partial charge in [-0.05, 0) is 37.5 Å². The number of rotatable bonds is 81. The summed E-state index contributed by atoms with van der Waals surface area (Å²) in [5.74, 6) is -0.474. The molecule has 600 valence electrons. The van der Waals surface area contributed by atoms with E-state index in [1.54, 1.807) is 0 Å². The number of hydrogen-bond donors (Lipinski definition) is 3. The van der Waals surface area contributed by atoms with Gasteiger partial charge in [-0.15, -0.1) is 0 Å². The van der Waals surface area contributed by atoms with E-state index in [0.29, 0.717) is 25.7 Å². The predicted molar refractivity (Wildman–Crippen MR) is 414 cm³/mol. The Kier molecular flexibility index (Phi) is 72.2. The van der Waals surface area contributed by atoms with Gasteiger partial charge in [0, 0.05) is 25.7 Å². The van der Waals surface area contributed by atoms with Crippen molar-refractivity contribution < 1.29 is 80.2 Å². The van der Waals surface area contributed by atoms with E-state index in [1.165, 1.54) is 238 Å². The van der Waals surface area contributed by atoms with Crippen LogP contribution >= 0.6 is 15.6 Å². The number of phosphoric ester groups is 2. The van der Waals surface area contributed by atoms with Crippen molar-refractivity contribution in [2.24, 2.45) is 11.8 Å². The number of hydrogen-bond acceptors (Lipinski definition) is 15. The lowest BCUT2D eigenvalue weighted by atomic mass is 9.99. The molecule has 4 unspecified atom stereocenters. The van der Waals surface area contributed by atoms with Crippen molar-refractivity contribution in [2.75, 3.05) is 39.6 Å². The van der Waals surface area contributed by atoms with Gasteiger partial charge >= 0.3 is 39.5 Å². The normalized spacial score (nSPS) is 14.4. The molecule has 0 amide bonds. The average molecular weight is 1480 g/mol. The Morgan fingerprint density at radius 3 is 0.703 bits per heavy atom. The first-order valence-electron chi connectivity index (χ1n) is 42.6. The number of aliphatic hydroxyl groups excluding tert-OH is 1. The predicted octanol–water partition coefficient (Wildman–Crippen LogP) is 24.7. The summed E-state index contributed by atoms with van der Waals surface area (Å²) in [4.78, 5) is 72.9. The molecule has 0 aromatic rings. The van der Waals surface area contributed by atoms with Crippen molar-refractivity contribution in [3.8, 4) is 0 Å². The Morgan fingerprint density at radius 1 is 0.277 bits per heavy atom. The zero-order valence-corrected chi connectivity index (χ0v) is 68.0. The highest BCUT2D eigenvalue weighted by Crippen LogP contribution is 2.45. The molecular formula is C82H160O17P2. The maximum absolute atomic E-state index is 13.1. The molecule has 0 aliphatic rings. The fraction of sp³-hybridized carbons (Fsp3) is 0.951. The van der Waals surface area contributed by atoms with Gasteiger partial charge in [0.1, 0.15) is 19.3 Å². The quantitative estimate of drug-likeness (QED) is 0.0222. The Labute approximate surface area is 619 Å². The molecule has 17 nitrogen and oxygen atoms in total. The number of unbranched alkanes of at least 4 members (excludes halogenated alkanes) is 49. The van der Waals surface area contributed by atoms with Crippen LogP contribution in [-0.2, 0) is 65.4 Å². The van der Waals surface area contributed by atoms with Crippen LogP contribution in [0, 0.1) is 11.8 Å². The van der Waals surface area contributed by atoms with E-state index in [2.05, 4.69) is 41.5 Å². The van der Waals surface area contributed by atoms with E-state index in [-0.39, 0.29) is 25.7 Å². The molecule has 0 aromatic carbocycles. The lowest BCUT2D eigenvalue weighted by molar-refractivity contribution is -0.161. The molecule has 0 heterocycles.